The fraction of sp³-hybridized carbons (Fsp3) is 0. The molecule has 24 aromatic rings. The van der Waals surface area contributed by atoms with Gasteiger partial charge in [-0.1, -0.05) is 261 Å². The normalized spacial score (nSPS) is 12.2. The highest BCUT2D eigenvalue weighted by Crippen LogP contribution is 2.54. The number of hydrogen-bond acceptors (Lipinski definition) is 3. The second-order valence-corrected chi connectivity index (χ2v) is 32.0. The summed E-state index contributed by atoms with van der Waals surface area (Å²) in [5, 5.41) is 17.4. The van der Waals surface area contributed by atoms with Crippen LogP contribution in [0.3, 0.4) is 0 Å². The number of para-hydroxylation sites is 5. The zero-order valence-corrected chi connectivity index (χ0v) is 61.1. The maximum atomic E-state index is 2.59. The minimum atomic E-state index is 1.14. The van der Waals surface area contributed by atoms with Gasteiger partial charge in [0.05, 0.1) is 75.3 Å². The number of thiophene rings is 3. The number of benzene rings is 17. The highest BCUT2D eigenvalue weighted by atomic mass is 32.1. The van der Waals surface area contributed by atoms with Gasteiger partial charge in [-0.15, -0.1) is 34.0 Å². The maximum absolute atomic E-state index is 2.59. The molecule has 109 heavy (non-hydrogen) atoms. The molecular formula is C102H60N4S3. The van der Waals surface area contributed by atoms with E-state index in [9.17, 15) is 0 Å². The highest BCUT2D eigenvalue weighted by molar-refractivity contribution is 7.27. The van der Waals surface area contributed by atoms with Gasteiger partial charge >= 0.3 is 0 Å². The molecule has 506 valence electrons. The second kappa shape index (κ2) is 23.5. The van der Waals surface area contributed by atoms with Crippen molar-refractivity contribution in [3.63, 3.8) is 0 Å². The molecule has 0 aliphatic heterocycles. The van der Waals surface area contributed by atoms with E-state index in [0.29, 0.717) is 0 Å². The fourth-order valence-electron chi connectivity index (χ4n) is 18.7. The van der Waals surface area contributed by atoms with Crippen LogP contribution in [-0.2, 0) is 0 Å². The first kappa shape index (κ1) is 60.8. The van der Waals surface area contributed by atoms with Crippen molar-refractivity contribution in [2.45, 2.75) is 0 Å². The third-order valence-electron chi connectivity index (χ3n) is 23.2. The molecule has 0 amide bonds. The largest absolute Gasteiger partial charge is 0.309 e. The first-order valence-corrected chi connectivity index (χ1v) is 39.7. The molecule has 0 saturated carbocycles. The van der Waals surface area contributed by atoms with Crippen molar-refractivity contribution in [2.75, 3.05) is 0 Å². The van der Waals surface area contributed by atoms with Gasteiger partial charge < -0.3 is 18.3 Å². The fourth-order valence-corrected chi connectivity index (χ4v) is 22.3. The van der Waals surface area contributed by atoms with E-state index in [1.807, 2.05) is 34.0 Å². The van der Waals surface area contributed by atoms with Crippen molar-refractivity contribution in [1.82, 2.24) is 18.3 Å². The van der Waals surface area contributed by atoms with Crippen LogP contribution >= 0.6 is 34.0 Å². The van der Waals surface area contributed by atoms with E-state index in [1.54, 1.807) is 0 Å². The predicted octanol–water partition coefficient (Wildman–Crippen LogP) is 29.5. The summed E-state index contributed by atoms with van der Waals surface area (Å²) in [6, 6.07) is 137. The van der Waals surface area contributed by atoms with E-state index < -0.39 is 0 Å². The van der Waals surface area contributed by atoms with Crippen LogP contribution in [0.1, 0.15) is 0 Å². The van der Waals surface area contributed by atoms with Crippen LogP contribution in [0.15, 0.2) is 364 Å². The standard InChI is InChI=1S/C102H60N4S3/c1-3-25-62(26-4-1)66-55-58-87-99(96(66)77-38-23-44-84-94(77)73-32-7-14-40-80(73)103(84)65-27-5-2-6-28-65)76-35-10-17-43-83(76)106(87)90-60-64(59-79-70-31-13-20-50-93(70)109-102(79)90)61-51-53-63(54-52-61)67-56-57-86-98(75-34-9-16-42-82(75)105(86)89-47-22-37-72-69-30-12-19-49-92(69)108-101(72)89)97(67)78-39-24-45-85-95(78)74-33-8-15-41-81(74)104(85)88-46-21-36-71-68-29-11-18-48-91(68)107-100(71)88/h1-60H. The van der Waals surface area contributed by atoms with E-state index in [4.69, 9.17) is 0 Å². The van der Waals surface area contributed by atoms with E-state index in [1.165, 1.54) is 187 Å². The number of nitrogens with zero attached hydrogens (tertiary/aromatic N) is 4. The molecule has 17 aromatic carbocycles. The molecule has 0 bridgehead atoms. The Balaban J connectivity index is 0.741. The Morgan fingerprint density at radius 1 is 0.174 bits per heavy atom. The molecule has 0 radical (unpaired) electrons. The lowest BCUT2D eigenvalue weighted by atomic mass is 9.88. The SMILES string of the molecule is c1ccc(-c2ccc3c(c2-c2cccc4c2c2ccccc2n4-c2ccccc2)c2ccccc2n3-c2cc(-c3ccc(-c4ccc5c(c4-c4cccc6c4c4ccccc4n6-c4cccc6c4sc4ccccc46)c4ccccc4n5-c4cccc5c4sc4ccccc45)cc3)cc3c2sc2ccccc23)cc1. The maximum Gasteiger partial charge on any atom is 0.0647 e. The smallest absolute Gasteiger partial charge is 0.0647 e. The summed E-state index contributed by atoms with van der Waals surface area (Å²) >= 11 is 5.66. The van der Waals surface area contributed by atoms with E-state index in [2.05, 4.69) is 382 Å². The molecule has 0 N–H and O–H groups in total. The van der Waals surface area contributed by atoms with E-state index in [0.717, 1.165) is 39.1 Å². The summed E-state index contributed by atoms with van der Waals surface area (Å²) in [5.41, 5.74) is 25.9. The zero-order valence-electron chi connectivity index (χ0n) is 58.7. The van der Waals surface area contributed by atoms with Gasteiger partial charge in [0.1, 0.15) is 0 Å². The monoisotopic (exact) mass is 1440 g/mol. The summed E-state index contributed by atoms with van der Waals surface area (Å²) in [4.78, 5) is 0. The molecule has 0 saturated heterocycles. The predicted molar refractivity (Wildman–Crippen MR) is 470 cm³/mol. The van der Waals surface area contributed by atoms with Crippen LogP contribution in [0.25, 0.3) is 226 Å². The molecule has 0 spiro atoms. The van der Waals surface area contributed by atoms with Gasteiger partial charge in [0.15, 0.2) is 0 Å². The van der Waals surface area contributed by atoms with Crippen molar-refractivity contribution < 1.29 is 0 Å². The molecule has 24 rings (SSSR count). The average molecular weight is 1440 g/mol. The van der Waals surface area contributed by atoms with Crippen molar-refractivity contribution in [3.05, 3.63) is 364 Å². The van der Waals surface area contributed by atoms with Crippen LogP contribution in [0.4, 0.5) is 0 Å². The molecule has 4 nitrogen and oxygen atoms in total. The van der Waals surface area contributed by atoms with Gasteiger partial charge in [-0.3, -0.25) is 0 Å². The first-order chi connectivity index (χ1) is 54.1. The van der Waals surface area contributed by atoms with Crippen LogP contribution in [-0.4, -0.2) is 18.3 Å². The van der Waals surface area contributed by atoms with Gasteiger partial charge in [-0.2, -0.15) is 0 Å². The van der Waals surface area contributed by atoms with Crippen LogP contribution in [0, 0.1) is 0 Å². The third kappa shape index (κ3) is 8.80. The van der Waals surface area contributed by atoms with Gasteiger partial charge in [-0.05, 0) is 148 Å². The molecular weight excluding hydrogens is 1380 g/mol. The van der Waals surface area contributed by atoms with Crippen molar-refractivity contribution >= 4 is 182 Å². The van der Waals surface area contributed by atoms with Crippen LogP contribution in [0.5, 0.6) is 0 Å². The van der Waals surface area contributed by atoms with Gasteiger partial charge in [-0.25, -0.2) is 0 Å². The number of hydrogen-bond donors (Lipinski definition) is 0. The highest BCUT2D eigenvalue weighted by Gasteiger charge is 2.29. The molecule has 0 unspecified atom stereocenters. The van der Waals surface area contributed by atoms with Crippen molar-refractivity contribution in [2.24, 2.45) is 0 Å². The topological polar surface area (TPSA) is 19.7 Å². The molecule has 0 aliphatic rings. The Kier molecular flexibility index (Phi) is 13.1. The Hall–Kier alpha value is -13.4. The zero-order chi connectivity index (χ0) is 71.1. The third-order valence-corrected chi connectivity index (χ3v) is 26.8. The molecule has 7 aromatic heterocycles. The summed E-state index contributed by atoms with van der Waals surface area (Å²) in [6.45, 7) is 0. The average Bonchev–Trinajstić information content (AvgIpc) is 1.56. The minimum absolute atomic E-state index is 1.14. The lowest BCUT2D eigenvalue weighted by molar-refractivity contribution is 1.18. The number of aromatic nitrogens is 4. The Morgan fingerprint density at radius 3 is 1.01 bits per heavy atom. The lowest BCUT2D eigenvalue weighted by Gasteiger charge is -2.17. The van der Waals surface area contributed by atoms with Gasteiger partial charge in [0.25, 0.3) is 0 Å². The van der Waals surface area contributed by atoms with Crippen molar-refractivity contribution in [1.29, 1.82) is 0 Å². The van der Waals surface area contributed by atoms with E-state index in [-0.39, 0.29) is 0 Å². The van der Waals surface area contributed by atoms with Gasteiger partial charge in [0.2, 0.25) is 0 Å². The Labute approximate surface area is 637 Å². The molecule has 7 heteroatoms. The second-order valence-electron chi connectivity index (χ2n) is 28.8. The minimum Gasteiger partial charge on any atom is -0.309 e. The number of fused-ring (bicyclic) bond motifs is 21. The quantitative estimate of drug-likeness (QED) is 0.137. The van der Waals surface area contributed by atoms with E-state index >= 15 is 0 Å². The summed E-state index contributed by atoms with van der Waals surface area (Å²) in [7, 11) is 0. The van der Waals surface area contributed by atoms with Crippen molar-refractivity contribution in [3.8, 4) is 78.4 Å². The van der Waals surface area contributed by atoms with Crippen LogP contribution < -0.4 is 0 Å². The van der Waals surface area contributed by atoms with Crippen LogP contribution in [0.2, 0.25) is 0 Å². The molecule has 0 atom stereocenters. The van der Waals surface area contributed by atoms with Gasteiger partial charge in [0, 0.05) is 106 Å². The summed E-state index contributed by atoms with van der Waals surface area (Å²) in [5.74, 6) is 0. The first-order valence-electron chi connectivity index (χ1n) is 37.3. The Morgan fingerprint density at radius 2 is 0.514 bits per heavy atom. The summed E-state index contributed by atoms with van der Waals surface area (Å²) in [6.07, 6.45) is 0. The molecule has 7 heterocycles. The Bertz CT molecular complexity index is 7970. The lowest BCUT2D eigenvalue weighted by Crippen LogP contribution is -1.96. The number of rotatable bonds is 9. The molecule has 0 aliphatic carbocycles. The summed E-state index contributed by atoms with van der Waals surface area (Å²) < 4.78 is 17.8. The molecule has 0 fully saturated rings.